The molecule has 0 bridgehead atoms. The quantitative estimate of drug-likeness (QED) is 0.131. The van der Waals surface area contributed by atoms with E-state index in [1.54, 1.807) is 12.1 Å². The Hall–Kier alpha value is -2.68. The number of hydrogen-bond donors (Lipinski definition) is 4. The third-order valence-corrected chi connectivity index (χ3v) is 2.85. The van der Waals surface area contributed by atoms with E-state index in [4.69, 9.17) is 21.6 Å². The van der Waals surface area contributed by atoms with Crippen molar-refractivity contribution in [2.75, 3.05) is 0 Å². The van der Waals surface area contributed by atoms with E-state index >= 15 is 0 Å². The van der Waals surface area contributed by atoms with E-state index in [9.17, 15) is 14.9 Å². The second-order valence-corrected chi connectivity index (χ2v) is 4.64. The van der Waals surface area contributed by atoms with Gasteiger partial charge in [0.25, 0.3) is 6.17 Å². The first-order chi connectivity index (χ1) is 10.4. The molecule has 0 spiro atoms. The van der Waals surface area contributed by atoms with Crippen LogP contribution in [0.5, 0.6) is 0 Å². The lowest BCUT2D eigenvalue weighted by Crippen LogP contribution is -2.45. The van der Waals surface area contributed by atoms with Crippen LogP contribution in [-0.4, -0.2) is 29.1 Å². The van der Waals surface area contributed by atoms with Crippen molar-refractivity contribution >= 4 is 11.9 Å². The number of guanidine groups is 1. The lowest BCUT2D eigenvalue weighted by atomic mass is 10.1. The van der Waals surface area contributed by atoms with Crippen LogP contribution in [0.15, 0.2) is 30.3 Å². The third kappa shape index (κ3) is 6.18. The molecule has 9 nitrogen and oxygen atoms in total. The molecule has 0 saturated heterocycles. The molecule has 0 aliphatic rings. The number of nitrogens with two attached hydrogens (primary N) is 2. The molecular formula is C13H19N5O4. The highest BCUT2D eigenvalue weighted by Crippen LogP contribution is 2.05. The van der Waals surface area contributed by atoms with Crippen LogP contribution < -0.4 is 16.8 Å². The highest BCUT2D eigenvalue weighted by molar-refractivity contribution is 5.75. The van der Waals surface area contributed by atoms with Crippen LogP contribution in [0.25, 0.3) is 0 Å². The summed E-state index contributed by atoms with van der Waals surface area (Å²) in [5, 5.41) is 19.9. The van der Waals surface area contributed by atoms with E-state index < -0.39 is 29.1 Å². The number of nitro groups is 1. The molecule has 0 radical (unpaired) electrons. The summed E-state index contributed by atoms with van der Waals surface area (Å²) in [4.78, 5) is 21.9. The van der Waals surface area contributed by atoms with Crippen molar-refractivity contribution < 1.29 is 14.5 Å². The zero-order valence-electron chi connectivity index (χ0n) is 11.9. The molecule has 2 atom stereocenters. The minimum absolute atomic E-state index is 0.0412. The number of benzene rings is 1. The number of nitrogens with zero attached hydrogens (tertiary/aromatic N) is 1. The average molecular weight is 309 g/mol. The van der Waals surface area contributed by atoms with Crippen molar-refractivity contribution in [2.45, 2.75) is 31.7 Å². The van der Waals surface area contributed by atoms with Gasteiger partial charge in [-0.1, -0.05) is 30.3 Å². The van der Waals surface area contributed by atoms with Crippen molar-refractivity contribution in [2.24, 2.45) is 11.5 Å². The van der Waals surface area contributed by atoms with Crippen LogP contribution in [0.2, 0.25) is 0 Å². The molecule has 1 aromatic carbocycles. The molecule has 0 aliphatic heterocycles. The molecule has 0 heterocycles. The largest absolute Gasteiger partial charge is 0.460 e. The number of ether oxygens (including phenoxy) is 1. The molecule has 120 valence electrons. The second-order valence-electron chi connectivity index (χ2n) is 4.64. The number of esters is 1. The van der Waals surface area contributed by atoms with E-state index in [0.717, 1.165) is 5.56 Å². The zero-order valence-corrected chi connectivity index (χ0v) is 11.9. The Morgan fingerprint density at radius 1 is 1.36 bits per heavy atom. The number of hydrogen-bond acceptors (Lipinski definition) is 6. The predicted molar refractivity (Wildman–Crippen MR) is 79.3 cm³/mol. The van der Waals surface area contributed by atoms with Gasteiger partial charge in [-0.05, 0) is 12.0 Å². The van der Waals surface area contributed by atoms with E-state index in [2.05, 4.69) is 5.32 Å². The van der Waals surface area contributed by atoms with Gasteiger partial charge in [0.2, 0.25) is 0 Å². The molecule has 0 fully saturated rings. The maximum atomic E-state index is 11.7. The Morgan fingerprint density at radius 3 is 2.55 bits per heavy atom. The van der Waals surface area contributed by atoms with E-state index in [1.165, 1.54) is 0 Å². The molecule has 22 heavy (non-hydrogen) atoms. The lowest BCUT2D eigenvalue weighted by molar-refractivity contribution is -0.527. The average Bonchev–Trinajstić information content (AvgIpc) is 2.49. The fourth-order valence-electron chi connectivity index (χ4n) is 1.70. The molecule has 0 amide bonds. The predicted octanol–water partition coefficient (Wildman–Crippen LogP) is -0.0768. The normalized spacial score (nSPS) is 13.0. The fourth-order valence-corrected chi connectivity index (χ4v) is 1.70. The van der Waals surface area contributed by atoms with Gasteiger partial charge in [-0.15, -0.1) is 0 Å². The first kappa shape index (κ1) is 17.4. The Morgan fingerprint density at radius 2 is 2.00 bits per heavy atom. The highest BCUT2D eigenvalue weighted by atomic mass is 16.6. The maximum Gasteiger partial charge on any atom is 0.323 e. The lowest BCUT2D eigenvalue weighted by Gasteiger charge is -2.14. The minimum atomic E-state index is -1.26. The van der Waals surface area contributed by atoms with Gasteiger partial charge in [-0.3, -0.25) is 25.6 Å². The van der Waals surface area contributed by atoms with Gasteiger partial charge in [-0.2, -0.15) is 0 Å². The van der Waals surface area contributed by atoms with Gasteiger partial charge >= 0.3 is 5.97 Å². The van der Waals surface area contributed by atoms with Crippen LogP contribution in [-0.2, 0) is 16.1 Å². The van der Waals surface area contributed by atoms with Crippen LogP contribution in [0, 0.1) is 15.5 Å². The molecule has 2 unspecified atom stereocenters. The summed E-state index contributed by atoms with van der Waals surface area (Å²) >= 11 is 0. The van der Waals surface area contributed by atoms with E-state index in [1.807, 2.05) is 18.2 Å². The monoisotopic (exact) mass is 309 g/mol. The van der Waals surface area contributed by atoms with Gasteiger partial charge in [0.05, 0.1) is 0 Å². The van der Waals surface area contributed by atoms with Crippen molar-refractivity contribution in [1.82, 2.24) is 5.32 Å². The molecule has 9 heteroatoms. The van der Waals surface area contributed by atoms with E-state index in [-0.39, 0.29) is 19.4 Å². The van der Waals surface area contributed by atoms with Crippen molar-refractivity contribution in [3.05, 3.63) is 46.0 Å². The number of rotatable bonds is 8. The first-order valence-electron chi connectivity index (χ1n) is 6.60. The SMILES string of the molecule is N=C(N)NC(CCC(N)C(=O)OCc1ccccc1)[N+](=O)[O-]. The number of nitrogens with one attached hydrogen (secondary N) is 2. The van der Waals surface area contributed by atoms with Gasteiger partial charge in [0.15, 0.2) is 5.96 Å². The topological polar surface area (TPSA) is 157 Å². The molecule has 0 aliphatic carbocycles. The van der Waals surface area contributed by atoms with Crippen molar-refractivity contribution in [1.29, 1.82) is 5.41 Å². The molecule has 1 aromatic rings. The van der Waals surface area contributed by atoms with Crippen LogP contribution >= 0.6 is 0 Å². The van der Waals surface area contributed by atoms with Gasteiger partial charge in [0, 0.05) is 11.3 Å². The maximum absolute atomic E-state index is 11.7. The smallest absolute Gasteiger partial charge is 0.323 e. The fraction of sp³-hybridized carbons (Fsp3) is 0.385. The Labute approximate surface area is 127 Å². The zero-order chi connectivity index (χ0) is 16.5. The standard InChI is InChI=1S/C13H19N5O4/c14-10(6-7-11(18(20)21)17-13(15)16)12(19)22-8-9-4-2-1-3-5-9/h1-5,10-11H,6-8,14H2,(H4,15,16,17). The van der Waals surface area contributed by atoms with Gasteiger partial charge in [-0.25, -0.2) is 0 Å². The number of carbonyl (C=O) groups is 1. The third-order valence-electron chi connectivity index (χ3n) is 2.85. The van der Waals surface area contributed by atoms with Gasteiger partial charge < -0.3 is 16.2 Å². The molecule has 1 rings (SSSR count). The summed E-state index contributed by atoms with van der Waals surface area (Å²) in [5.74, 6) is -1.14. The summed E-state index contributed by atoms with van der Waals surface area (Å²) in [7, 11) is 0. The summed E-state index contributed by atoms with van der Waals surface area (Å²) in [5.41, 5.74) is 11.5. The van der Waals surface area contributed by atoms with Crippen molar-refractivity contribution in [3.8, 4) is 0 Å². The summed E-state index contributed by atoms with van der Waals surface area (Å²) in [6.07, 6.45) is -1.27. The second kappa shape index (κ2) is 8.57. The Bertz CT molecular complexity index is 522. The van der Waals surface area contributed by atoms with Crippen LogP contribution in [0.3, 0.4) is 0 Å². The minimum Gasteiger partial charge on any atom is -0.460 e. The Balaban J connectivity index is 2.39. The number of carbonyl (C=O) groups excluding carboxylic acids is 1. The molecule has 0 saturated carbocycles. The summed E-state index contributed by atoms with van der Waals surface area (Å²) in [6, 6.07) is 8.11. The molecule has 0 aromatic heterocycles. The van der Waals surface area contributed by atoms with Crippen molar-refractivity contribution in [3.63, 3.8) is 0 Å². The molecular weight excluding hydrogens is 290 g/mol. The highest BCUT2D eigenvalue weighted by Gasteiger charge is 2.24. The van der Waals surface area contributed by atoms with Gasteiger partial charge in [0.1, 0.15) is 12.6 Å². The van der Waals surface area contributed by atoms with Crippen LogP contribution in [0.4, 0.5) is 0 Å². The summed E-state index contributed by atoms with van der Waals surface area (Å²) in [6.45, 7) is 0.0950. The van der Waals surface area contributed by atoms with E-state index in [0.29, 0.717) is 0 Å². The summed E-state index contributed by atoms with van der Waals surface area (Å²) < 4.78 is 5.04. The Kier molecular flexibility index (Phi) is 6.77. The first-order valence-corrected chi connectivity index (χ1v) is 6.60. The van der Waals surface area contributed by atoms with Crippen LogP contribution in [0.1, 0.15) is 18.4 Å². The molecule has 6 N–H and O–H groups in total.